The van der Waals surface area contributed by atoms with Gasteiger partial charge in [-0.15, -0.1) is 11.3 Å². The normalized spacial score (nSPS) is 12.5. The Balaban J connectivity index is 1.98. The van der Waals surface area contributed by atoms with E-state index < -0.39 is 22.0 Å². The van der Waals surface area contributed by atoms with Gasteiger partial charge in [0.05, 0.1) is 24.5 Å². The first-order chi connectivity index (χ1) is 13.0. The summed E-state index contributed by atoms with van der Waals surface area (Å²) < 4.78 is 33.7. The van der Waals surface area contributed by atoms with Crippen molar-refractivity contribution in [3.63, 3.8) is 0 Å². The second-order valence-corrected chi connectivity index (χ2v) is 8.49. The smallest absolute Gasteiger partial charge is 0.307 e. The van der Waals surface area contributed by atoms with Gasteiger partial charge in [0.1, 0.15) is 0 Å². The molecule has 1 heterocycles. The van der Waals surface area contributed by atoms with E-state index in [2.05, 4.69) is 4.72 Å². The quantitative estimate of drug-likeness (QED) is 0.608. The van der Waals surface area contributed by atoms with Crippen molar-refractivity contribution in [3.8, 4) is 11.1 Å². The van der Waals surface area contributed by atoms with Gasteiger partial charge < -0.3 is 4.74 Å². The highest BCUT2D eigenvalue weighted by Gasteiger charge is 2.26. The number of carbonyl (C=O) groups excluding carboxylic acids is 1. The summed E-state index contributed by atoms with van der Waals surface area (Å²) in [6.07, 6.45) is -0.0796. The molecule has 1 N–H and O–H groups in total. The van der Waals surface area contributed by atoms with E-state index in [1.807, 2.05) is 41.8 Å². The lowest BCUT2D eigenvalue weighted by Crippen LogP contribution is -2.30. The summed E-state index contributed by atoms with van der Waals surface area (Å²) in [6, 6.07) is 19.1. The minimum Gasteiger partial charge on any atom is -0.469 e. The van der Waals surface area contributed by atoms with Gasteiger partial charge in [-0.25, -0.2) is 13.1 Å². The van der Waals surface area contributed by atoms with Crippen molar-refractivity contribution < 1.29 is 17.9 Å². The van der Waals surface area contributed by atoms with Crippen molar-refractivity contribution >= 4 is 27.3 Å². The van der Waals surface area contributed by atoms with Crippen molar-refractivity contribution in [2.45, 2.75) is 17.4 Å². The summed E-state index contributed by atoms with van der Waals surface area (Å²) in [7, 11) is -2.58. The third-order valence-corrected chi connectivity index (χ3v) is 6.56. The van der Waals surface area contributed by atoms with Gasteiger partial charge in [-0.1, -0.05) is 54.6 Å². The molecular formula is C20H19NO4S2. The highest BCUT2D eigenvalue weighted by atomic mass is 32.2. The molecule has 1 aromatic heterocycles. The maximum atomic E-state index is 13.1. The zero-order chi connectivity index (χ0) is 19.3. The molecule has 7 heteroatoms. The minimum atomic E-state index is -3.87. The number of benzene rings is 2. The van der Waals surface area contributed by atoms with Gasteiger partial charge in [-0.2, -0.15) is 0 Å². The molecule has 0 amide bonds. The fourth-order valence-corrected chi connectivity index (χ4v) is 5.05. The van der Waals surface area contributed by atoms with Crippen LogP contribution < -0.4 is 4.72 Å². The molecule has 3 rings (SSSR count). The molecule has 0 unspecified atom stereocenters. The Bertz CT molecular complexity index is 999. The number of hydrogen-bond donors (Lipinski definition) is 1. The Morgan fingerprint density at radius 1 is 1.04 bits per heavy atom. The average molecular weight is 402 g/mol. The van der Waals surface area contributed by atoms with Crippen LogP contribution in [0.2, 0.25) is 0 Å². The van der Waals surface area contributed by atoms with E-state index in [0.29, 0.717) is 5.56 Å². The van der Waals surface area contributed by atoms with Crippen molar-refractivity contribution in [1.29, 1.82) is 0 Å². The number of thiophene rings is 1. The van der Waals surface area contributed by atoms with Gasteiger partial charge in [0.2, 0.25) is 10.0 Å². The van der Waals surface area contributed by atoms with Crippen LogP contribution in [0.25, 0.3) is 11.1 Å². The van der Waals surface area contributed by atoms with E-state index in [4.69, 9.17) is 4.74 Å². The van der Waals surface area contributed by atoms with Crippen LogP contribution in [0.3, 0.4) is 0 Å². The van der Waals surface area contributed by atoms with Crippen molar-refractivity contribution in [1.82, 2.24) is 4.72 Å². The van der Waals surface area contributed by atoms with E-state index in [-0.39, 0.29) is 11.3 Å². The Morgan fingerprint density at radius 2 is 1.74 bits per heavy atom. The minimum absolute atomic E-state index is 0.0796. The summed E-state index contributed by atoms with van der Waals surface area (Å²) in [5.74, 6) is -0.479. The second-order valence-electron chi connectivity index (χ2n) is 5.83. The zero-order valence-electron chi connectivity index (χ0n) is 14.7. The number of methoxy groups -OCH3 is 1. The number of ether oxygens (including phenoxy) is 1. The molecule has 0 saturated heterocycles. The number of hydrogen-bond acceptors (Lipinski definition) is 5. The topological polar surface area (TPSA) is 72.5 Å². The molecule has 0 radical (unpaired) electrons. The molecule has 0 aliphatic carbocycles. The first-order valence-electron chi connectivity index (χ1n) is 8.28. The van der Waals surface area contributed by atoms with Crippen LogP contribution in [0.5, 0.6) is 0 Å². The molecule has 0 bridgehead atoms. The van der Waals surface area contributed by atoms with Gasteiger partial charge in [-0.05, 0) is 23.1 Å². The van der Waals surface area contributed by atoms with Gasteiger partial charge in [0.25, 0.3) is 0 Å². The molecule has 3 aromatic rings. The summed E-state index contributed by atoms with van der Waals surface area (Å²) in [6.45, 7) is 0. The Labute approximate surface area is 162 Å². The highest BCUT2D eigenvalue weighted by molar-refractivity contribution is 7.89. The van der Waals surface area contributed by atoms with Crippen LogP contribution >= 0.6 is 11.3 Å². The molecule has 5 nitrogen and oxygen atoms in total. The standard InChI is InChI=1S/C20H19NO4S2/c1-25-20(22)14-17(18-11-7-13-26-18)21-27(23,24)19-12-6-5-10-16(19)15-8-3-2-4-9-15/h2-13,17,21H,14H2,1H3/t17-/m1/s1. The number of rotatable bonds is 7. The largest absolute Gasteiger partial charge is 0.469 e. The summed E-state index contributed by atoms with van der Waals surface area (Å²) >= 11 is 1.39. The summed E-state index contributed by atoms with van der Waals surface area (Å²) in [4.78, 5) is 12.7. The van der Waals surface area contributed by atoms with Gasteiger partial charge in [-0.3, -0.25) is 4.79 Å². The molecule has 2 aromatic carbocycles. The molecule has 1 atom stereocenters. The zero-order valence-corrected chi connectivity index (χ0v) is 16.3. The van der Waals surface area contributed by atoms with Gasteiger partial charge in [0.15, 0.2) is 0 Å². The molecule has 0 fully saturated rings. The lowest BCUT2D eigenvalue weighted by molar-refractivity contribution is -0.141. The Kier molecular flexibility index (Phi) is 6.05. The maximum Gasteiger partial charge on any atom is 0.307 e. The third-order valence-electron chi connectivity index (χ3n) is 4.04. The Hall–Kier alpha value is -2.48. The predicted molar refractivity (Wildman–Crippen MR) is 106 cm³/mol. The molecule has 0 aliphatic rings. The van der Waals surface area contributed by atoms with Crippen molar-refractivity contribution in [3.05, 3.63) is 77.0 Å². The van der Waals surface area contributed by atoms with Crippen molar-refractivity contribution in [2.75, 3.05) is 7.11 Å². The SMILES string of the molecule is COC(=O)C[C@@H](NS(=O)(=O)c1ccccc1-c1ccccc1)c1cccs1. The number of carbonyl (C=O) groups is 1. The van der Waals surface area contributed by atoms with Crippen LogP contribution in [0.15, 0.2) is 77.0 Å². The van der Waals surface area contributed by atoms with Crippen LogP contribution in [-0.2, 0) is 19.6 Å². The summed E-state index contributed by atoms with van der Waals surface area (Å²) in [5, 5.41) is 1.84. The third kappa shape index (κ3) is 4.63. The molecule has 0 saturated carbocycles. The monoisotopic (exact) mass is 401 g/mol. The van der Waals surface area contributed by atoms with E-state index >= 15 is 0 Å². The molecule has 140 valence electrons. The molecule has 27 heavy (non-hydrogen) atoms. The fourth-order valence-electron chi connectivity index (χ4n) is 2.75. The summed E-state index contributed by atoms with van der Waals surface area (Å²) in [5.41, 5.74) is 1.41. The van der Waals surface area contributed by atoms with Gasteiger partial charge in [0, 0.05) is 10.4 Å². The predicted octanol–water partition coefficient (Wildman–Crippen LogP) is 4.00. The van der Waals surface area contributed by atoms with E-state index in [0.717, 1.165) is 10.4 Å². The van der Waals surface area contributed by atoms with E-state index in [9.17, 15) is 13.2 Å². The van der Waals surface area contributed by atoms with E-state index in [1.165, 1.54) is 18.4 Å². The number of esters is 1. The van der Waals surface area contributed by atoms with Crippen LogP contribution in [0, 0.1) is 0 Å². The molecule has 0 spiro atoms. The number of sulfonamides is 1. The van der Waals surface area contributed by atoms with E-state index in [1.54, 1.807) is 30.3 Å². The highest BCUT2D eigenvalue weighted by Crippen LogP contribution is 2.30. The first kappa shape index (κ1) is 19.3. The van der Waals surface area contributed by atoms with Crippen LogP contribution in [0.4, 0.5) is 0 Å². The number of nitrogens with one attached hydrogen (secondary N) is 1. The Morgan fingerprint density at radius 3 is 2.41 bits per heavy atom. The first-order valence-corrected chi connectivity index (χ1v) is 10.6. The second kappa shape index (κ2) is 8.47. The van der Waals surface area contributed by atoms with Crippen LogP contribution in [0.1, 0.15) is 17.3 Å². The lowest BCUT2D eigenvalue weighted by atomic mass is 10.1. The van der Waals surface area contributed by atoms with Crippen LogP contribution in [-0.4, -0.2) is 21.5 Å². The lowest BCUT2D eigenvalue weighted by Gasteiger charge is -2.18. The van der Waals surface area contributed by atoms with Crippen molar-refractivity contribution in [2.24, 2.45) is 0 Å². The van der Waals surface area contributed by atoms with Gasteiger partial charge >= 0.3 is 5.97 Å². The molecular weight excluding hydrogens is 382 g/mol. The molecule has 0 aliphatic heterocycles. The maximum absolute atomic E-state index is 13.1. The average Bonchev–Trinajstić information content (AvgIpc) is 3.23. The fraction of sp³-hybridized carbons (Fsp3) is 0.150.